The quantitative estimate of drug-likeness (QED) is 0.490. The Morgan fingerprint density at radius 2 is 2.00 bits per heavy atom. The van der Waals surface area contributed by atoms with Crippen molar-refractivity contribution in [2.75, 3.05) is 33.4 Å². The lowest BCUT2D eigenvalue weighted by Gasteiger charge is -2.29. The number of rotatable bonds is 1. The molecular formula is C5H12N2O2. The summed E-state index contributed by atoms with van der Waals surface area (Å²) in [6.45, 7) is 3.00. The predicted octanol–water partition coefficient (Wildman–Crippen LogP) is -0.445. The van der Waals surface area contributed by atoms with Gasteiger partial charge in [0.1, 0.15) is 0 Å². The molecule has 9 heavy (non-hydrogen) atoms. The van der Waals surface area contributed by atoms with E-state index < -0.39 is 0 Å². The van der Waals surface area contributed by atoms with E-state index in [-0.39, 0.29) is 0 Å². The molecule has 0 amide bonds. The first-order chi connectivity index (χ1) is 4.30. The number of nitrogens with zero attached hydrogens (tertiary/aromatic N) is 2. The molecule has 1 saturated heterocycles. The normalized spacial score (nSPS) is 23.0. The van der Waals surface area contributed by atoms with E-state index in [1.807, 2.05) is 5.01 Å². The van der Waals surface area contributed by atoms with Crippen LogP contribution in [-0.2, 0) is 4.74 Å². The number of hydrogen-bond acceptors (Lipinski definition) is 4. The van der Waals surface area contributed by atoms with Crippen molar-refractivity contribution in [1.82, 2.24) is 10.2 Å². The average molecular weight is 132 g/mol. The summed E-state index contributed by atoms with van der Waals surface area (Å²) in [7, 11) is 1.62. The number of hydrogen-bond donors (Lipinski definition) is 1. The van der Waals surface area contributed by atoms with Gasteiger partial charge in [-0.05, 0) is 0 Å². The SMILES string of the molecule is CN(O)N1CCOCC1. The molecule has 1 N–H and O–H groups in total. The van der Waals surface area contributed by atoms with Gasteiger partial charge in [-0.1, -0.05) is 0 Å². The van der Waals surface area contributed by atoms with E-state index in [4.69, 9.17) is 9.94 Å². The van der Waals surface area contributed by atoms with Crippen molar-refractivity contribution >= 4 is 0 Å². The van der Waals surface area contributed by atoms with Gasteiger partial charge in [0.15, 0.2) is 0 Å². The van der Waals surface area contributed by atoms with Gasteiger partial charge >= 0.3 is 0 Å². The summed E-state index contributed by atoms with van der Waals surface area (Å²) in [5.74, 6) is 0. The summed E-state index contributed by atoms with van der Waals surface area (Å²) in [5, 5.41) is 11.8. The van der Waals surface area contributed by atoms with Crippen LogP contribution in [0.15, 0.2) is 0 Å². The lowest BCUT2D eigenvalue weighted by Crippen LogP contribution is -2.45. The minimum Gasteiger partial charge on any atom is -0.379 e. The fourth-order valence-electron chi connectivity index (χ4n) is 0.843. The number of hydrazine groups is 1. The molecule has 4 heteroatoms. The summed E-state index contributed by atoms with van der Waals surface area (Å²) >= 11 is 0. The van der Waals surface area contributed by atoms with Crippen LogP contribution in [0.3, 0.4) is 0 Å². The molecule has 0 unspecified atom stereocenters. The summed E-state index contributed by atoms with van der Waals surface area (Å²) in [5.41, 5.74) is 0. The molecule has 1 aliphatic rings. The number of hydroxylamine groups is 1. The van der Waals surface area contributed by atoms with E-state index in [1.165, 1.54) is 0 Å². The van der Waals surface area contributed by atoms with Crippen molar-refractivity contribution in [2.24, 2.45) is 0 Å². The van der Waals surface area contributed by atoms with Crippen molar-refractivity contribution in [1.29, 1.82) is 0 Å². The molecule has 1 fully saturated rings. The maximum absolute atomic E-state index is 8.88. The zero-order valence-corrected chi connectivity index (χ0v) is 5.58. The molecular weight excluding hydrogens is 120 g/mol. The van der Waals surface area contributed by atoms with E-state index in [9.17, 15) is 0 Å². The molecule has 0 radical (unpaired) electrons. The second-order valence-corrected chi connectivity index (χ2v) is 2.06. The third-order valence-electron chi connectivity index (χ3n) is 1.40. The fraction of sp³-hybridized carbons (Fsp3) is 1.00. The molecule has 4 nitrogen and oxygen atoms in total. The molecule has 54 valence electrons. The Kier molecular flexibility index (Phi) is 2.41. The second kappa shape index (κ2) is 3.12. The first-order valence-corrected chi connectivity index (χ1v) is 3.06. The Hall–Kier alpha value is -0.160. The van der Waals surface area contributed by atoms with E-state index in [1.54, 1.807) is 7.05 Å². The number of morpholine rings is 1. The first-order valence-electron chi connectivity index (χ1n) is 3.06. The summed E-state index contributed by atoms with van der Waals surface area (Å²) in [6, 6.07) is 0. The monoisotopic (exact) mass is 132 g/mol. The predicted molar refractivity (Wildman–Crippen MR) is 31.9 cm³/mol. The Bertz CT molecular complexity index is 81.0. The van der Waals surface area contributed by atoms with Gasteiger partial charge in [0.2, 0.25) is 0 Å². The summed E-state index contributed by atoms with van der Waals surface area (Å²) < 4.78 is 5.07. The Morgan fingerprint density at radius 3 is 2.33 bits per heavy atom. The highest BCUT2D eigenvalue weighted by Gasteiger charge is 2.11. The van der Waals surface area contributed by atoms with Gasteiger partial charge < -0.3 is 4.74 Å². The molecule has 0 aliphatic carbocycles. The molecule has 0 bridgehead atoms. The largest absolute Gasteiger partial charge is 0.379 e. The minimum atomic E-state index is 0.713. The minimum absolute atomic E-state index is 0.713. The standard InChI is InChI=1S/C5H12N2O2/c1-6(8)7-2-4-9-5-3-7/h8H,2-5H2,1H3. The van der Waals surface area contributed by atoms with Crippen molar-refractivity contribution in [3.63, 3.8) is 0 Å². The fourth-order valence-corrected chi connectivity index (χ4v) is 0.843. The van der Waals surface area contributed by atoms with Gasteiger partial charge in [-0.25, -0.2) is 5.01 Å². The molecule has 0 saturated carbocycles. The highest BCUT2D eigenvalue weighted by Crippen LogP contribution is 1.96. The van der Waals surface area contributed by atoms with Crippen LogP contribution < -0.4 is 0 Å². The zero-order valence-electron chi connectivity index (χ0n) is 5.58. The highest BCUT2D eigenvalue weighted by atomic mass is 16.6. The van der Waals surface area contributed by atoms with E-state index in [2.05, 4.69) is 0 Å². The van der Waals surface area contributed by atoms with Crippen molar-refractivity contribution in [3.05, 3.63) is 0 Å². The van der Waals surface area contributed by atoms with Crippen LogP contribution in [0, 0.1) is 0 Å². The van der Waals surface area contributed by atoms with Gasteiger partial charge in [0.05, 0.1) is 13.2 Å². The smallest absolute Gasteiger partial charge is 0.0609 e. The highest BCUT2D eigenvalue weighted by molar-refractivity contribution is 4.53. The van der Waals surface area contributed by atoms with Gasteiger partial charge in [-0.2, -0.15) is 0 Å². The van der Waals surface area contributed by atoms with Crippen molar-refractivity contribution in [2.45, 2.75) is 0 Å². The van der Waals surface area contributed by atoms with Crippen LogP contribution >= 0.6 is 0 Å². The Morgan fingerprint density at radius 1 is 1.44 bits per heavy atom. The van der Waals surface area contributed by atoms with E-state index >= 15 is 0 Å². The van der Waals surface area contributed by atoms with Gasteiger partial charge in [0.25, 0.3) is 0 Å². The zero-order chi connectivity index (χ0) is 6.69. The lowest BCUT2D eigenvalue weighted by atomic mass is 10.5. The Labute approximate surface area is 54.5 Å². The van der Waals surface area contributed by atoms with Crippen LogP contribution in [-0.4, -0.2) is 48.7 Å². The molecule has 1 aliphatic heterocycles. The molecule has 0 aromatic rings. The maximum atomic E-state index is 8.88. The van der Waals surface area contributed by atoms with Gasteiger partial charge in [-0.15, -0.1) is 5.17 Å². The molecule has 1 heterocycles. The van der Waals surface area contributed by atoms with Crippen molar-refractivity contribution < 1.29 is 9.94 Å². The third kappa shape index (κ3) is 1.91. The van der Waals surface area contributed by atoms with Crippen LogP contribution in [0.1, 0.15) is 0 Å². The molecule has 0 spiro atoms. The average Bonchev–Trinajstić information content (AvgIpc) is 1.90. The molecule has 0 atom stereocenters. The molecule has 0 aromatic heterocycles. The number of ether oxygens (including phenoxy) is 1. The van der Waals surface area contributed by atoms with Crippen LogP contribution in [0.5, 0.6) is 0 Å². The first kappa shape index (κ1) is 6.95. The van der Waals surface area contributed by atoms with Crippen LogP contribution in [0.4, 0.5) is 0 Å². The van der Waals surface area contributed by atoms with Crippen LogP contribution in [0.25, 0.3) is 0 Å². The van der Waals surface area contributed by atoms with Gasteiger partial charge in [-0.3, -0.25) is 5.21 Å². The second-order valence-electron chi connectivity index (χ2n) is 2.06. The van der Waals surface area contributed by atoms with E-state index in [0.717, 1.165) is 18.3 Å². The maximum Gasteiger partial charge on any atom is 0.0609 e. The lowest BCUT2D eigenvalue weighted by molar-refractivity contribution is -0.244. The topological polar surface area (TPSA) is 35.9 Å². The van der Waals surface area contributed by atoms with Gasteiger partial charge in [0, 0.05) is 20.1 Å². The molecule has 0 aromatic carbocycles. The third-order valence-corrected chi connectivity index (χ3v) is 1.40. The van der Waals surface area contributed by atoms with Crippen molar-refractivity contribution in [3.8, 4) is 0 Å². The summed E-state index contributed by atoms with van der Waals surface area (Å²) in [4.78, 5) is 0. The Balaban J connectivity index is 2.23. The molecule has 1 rings (SSSR count). The summed E-state index contributed by atoms with van der Waals surface area (Å²) in [6.07, 6.45) is 0. The van der Waals surface area contributed by atoms with Crippen LogP contribution in [0.2, 0.25) is 0 Å². The van der Waals surface area contributed by atoms with E-state index in [0.29, 0.717) is 13.2 Å².